The van der Waals surface area contributed by atoms with Gasteiger partial charge in [0.15, 0.2) is 0 Å². The predicted octanol–water partition coefficient (Wildman–Crippen LogP) is 2.47. The number of nitrogens with zero attached hydrogens (tertiary/aromatic N) is 1. The zero-order valence-corrected chi connectivity index (χ0v) is 13.0. The van der Waals surface area contributed by atoms with E-state index in [2.05, 4.69) is 56.2 Å². The third-order valence-electron chi connectivity index (χ3n) is 4.34. The average Bonchev–Trinajstić information content (AvgIpc) is 2.37. The van der Waals surface area contributed by atoms with Crippen LogP contribution in [0, 0.1) is 6.92 Å². The van der Waals surface area contributed by atoms with Crippen molar-refractivity contribution in [3.8, 4) is 0 Å². The van der Waals surface area contributed by atoms with Crippen molar-refractivity contribution in [1.82, 2.24) is 5.43 Å². The van der Waals surface area contributed by atoms with Gasteiger partial charge < -0.3 is 4.90 Å². The minimum Gasteiger partial charge on any atom is -0.354 e. The highest BCUT2D eigenvalue weighted by molar-refractivity contribution is 5.85. The van der Waals surface area contributed by atoms with E-state index in [-0.39, 0.29) is 17.5 Å². The largest absolute Gasteiger partial charge is 0.354 e. The first-order valence-electron chi connectivity index (χ1n) is 7.18. The van der Waals surface area contributed by atoms with E-state index in [1.807, 2.05) is 6.92 Å². The molecule has 1 aliphatic heterocycles. The number of hydrazine groups is 1. The Labute approximate surface area is 121 Å². The molecule has 0 aliphatic carbocycles. The van der Waals surface area contributed by atoms with Gasteiger partial charge in [0, 0.05) is 11.2 Å². The molecule has 0 aromatic heterocycles. The number of carbonyl (C=O) groups excluding carboxylic acids is 1. The van der Waals surface area contributed by atoms with Crippen LogP contribution >= 0.6 is 0 Å². The molecule has 3 N–H and O–H groups in total. The molecule has 1 amide bonds. The number of aryl methyl sites for hydroxylation is 1. The summed E-state index contributed by atoms with van der Waals surface area (Å²) in [4.78, 5) is 14.2. The molecule has 0 saturated heterocycles. The lowest BCUT2D eigenvalue weighted by Crippen LogP contribution is -2.58. The molecular weight excluding hydrogens is 250 g/mol. The molecule has 0 bridgehead atoms. The molecule has 4 heteroatoms. The lowest BCUT2D eigenvalue weighted by molar-refractivity contribution is -0.122. The Bertz CT molecular complexity index is 524. The number of hydrogen-bond donors (Lipinski definition) is 2. The van der Waals surface area contributed by atoms with Crippen molar-refractivity contribution >= 4 is 11.6 Å². The number of nitrogens with two attached hydrogens (primary N) is 1. The fourth-order valence-corrected chi connectivity index (χ4v) is 3.54. The number of benzene rings is 1. The summed E-state index contributed by atoms with van der Waals surface area (Å²) in [5, 5.41) is 0. The van der Waals surface area contributed by atoms with Crippen molar-refractivity contribution in [2.45, 2.75) is 58.5 Å². The fraction of sp³-hybridized carbons (Fsp3) is 0.562. The van der Waals surface area contributed by atoms with E-state index in [0.717, 1.165) is 12.1 Å². The van der Waals surface area contributed by atoms with E-state index in [0.29, 0.717) is 5.92 Å². The zero-order valence-electron chi connectivity index (χ0n) is 13.0. The molecule has 1 aromatic rings. The minimum absolute atomic E-state index is 0.0758. The lowest BCUT2D eigenvalue weighted by Gasteiger charge is -2.50. The highest BCUT2D eigenvalue weighted by Gasteiger charge is 2.40. The van der Waals surface area contributed by atoms with Crippen LogP contribution in [0.2, 0.25) is 0 Å². The molecule has 1 heterocycles. The molecule has 0 radical (unpaired) electrons. The minimum atomic E-state index is -0.288. The third kappa shape index (κ3) is 2.40. The number of anilines is 1. The summed E-state index contributed by atoms with van der Waals surface area (Å²) in [6.45, 7) is 10.6. The van der Waals surface area contributed by atoms with Crippen LogP contribution in [-0.4, -0.2) is 17.5 Å². The molecule has 1 aliphatic rings. The summed E-state index contributed by atoms with van der Waals surface area (Å²) >= 11 is 0. The first kappa shape index (κ1) is 14.9. The van der Waals surface area contributed by atoms with Crippen LogP contribution in [0.15, 0.2) is 18.2 Å². The molecular formula is C16H25N3O. The van der Waals surface area contributed by atoms with Crippen LogP contribution in [0.5, 0.6) is 0 Å². The first-order valence-corrected chi connectivity index (χ1v) is 7.18. The Morgan fingerprint density at radius 1 is 1.50 bits per heavy atom. The quantitative estimate of drug-likeness (QED) is 0.495. The molecule has 4 nitrogen and oxygen atoms in total. The van der Waals surface area contributed by atoms with Crippen molar-refractivity contribution in [2.24, 2.45) is 5.84 Å². The van der Waals surface area contributed by atoms with Gasteiger partial charge in [0.25, 0.3) is 5.91 Å². The van der Waals surface area contributed by atoms with Crippen LogP contribution in [0.3, 0.4) is 0 Å². The van der Waals surface area contributed by atoms with Gasteiger partial charge in [-0.05, 0) is 51.7 Å². The van der Waals surface area contributed by atoms with Gasteiger partial charge in [-0.25, -0.2) is 5.84 Å². The summed E-state index contributed by atoms with van der Waals surface area (Å²) in [5.74, 6) is 5.65. The Kier molecular flexibility index (Phi) is 3.78. The fourth-order valence-electron chi connectivity index (χ4n) is 3.54. The number of fused-ring (bicyclic) bond motifs is 1. The summed E-state index contributed by atoms with van der Waals surface area (Å²) in [6, 6.07) is 6.18. The topological polar surface area (TPSA) is 58.4 Å². The maximum atomic E-state index is 12.0. The monoisotopic (exact) mass is 275 g/mol. The highest BCUT2D eigenvalue weighted by Crippen LogP contribution is 2.44. The molecule has 2 atom stereocenters. The van der Waals surface area contributed by atoms with E-state index >= 15 is 0 Å². The van der Waals surface area contributed by atoms with Gasteiger partial charge in [-0.1, -0.05) is 24.6 Å². The number of hydrogen-bond acceptors (Lipinski definition) is 3. The van der Waals surface area contributed by atoms with Gasteiger partial charge >= 0.3 is 0 Å². The van der Waals surface area contributed by atoms with E-state index < -0.39 is 0 Å². The summed E-state index contributed by atoms with van der Waals surface area (Å²) < 4.78 is 0. The first-order chi connectivity index (χ1) is 9.27. The van der Waals surface area contributed by atoms with Gasteiger partial charge in [0.1, 0.15) is 6.04 Å². The Morgan fingerprint density at radius 3 is 2.75 bits per heavy atom. The number of rotatable bonds is 2. The van der Waals surface area contributed by atoms with Crippen LogP contribution in [0.1, 0.15) is 51.2 Å². The average molecular weight is 275 g/mol. The molecule has 2 rings (SSSR count). The third-order valence-corrected chi connectivity index (χ3v) is 4.34. The summed E-state index contributed by atoms with van der Waals surface area (Å²) in [7, 11) is 0. The Morgan fingerprint density at radius 2 is 2.15 bits per heavy atom. The summed E-state index contributed by atoms with van der Waals surface area (Å²) in [5.41, 5.74) is 5.92. The van der Waals surface area contributed by atoms with Crippen LogP contribution in [0.4, 0.5) is 5.69 Å². The Hall–Kier alpha value is -1.55. The maximum absolute atomic E-state index is 12.0. The molecule has 0 fully saturated rings. The number of amides is 1. The number of carbonyl (C=O) groups is 1. The molecule has 20 heavy (non-hydrogen) atoms. The van der Waals surface area contributed by atoms with Crippen LogP contribution < -0.4 is 16.2 Å². The second kappa shape index (κ2) is 5.09. The van der Waals surface area contributed by atoms with Gasteiger partial charge in [-0.3, -0.25) is 10.2 Å². The van der Waals surface area contributed by atoms with Crippen molar-refractivity contribution < 1.29 is 4.79 Å². The molecule has 0 unspecified atom stereocenters. The van der Waals surface area contributed by atoms with E-state index in [9.17, 15) is 4.79 Å². The van der Waals surface area contributed by atoms with Crippen LogP contribution in [-0.2, 0) is 4.79 Å². The molecule has 110 valence electrons. The van der Waals surface area contributed by atoms with E-state index in [1.54, 1.807) is 0 Å². The van der Waals surface area contributed by atoms with Crippen molar-refractivity contribution in [3.05, 3.63) is 29.3 Å². The van der Waals surface area contributed by atoms with Crippen LogP contribution in [0.25, 0.3) is 0 Å². The lowest BCUT2D eigenvalue weighted by atomic mass is 9.78. The number of nitrogens with one attached hydrogen (secondary N) is 1. The standard InChI is InChI=1S/C16H25N3O/c1-10-6-7-14-13(8-10)11(2)9-16(4,5)19(14)12(3)15(20)18-17/h6-8,11-12H,9,17H2,1-5H3,(H,18,20)/t11-,12+/m0/s1. The van der Waals surface area contributed by atoms with Crippen molar-refractivity contribution in [3.63, 3.8) is 0 Å². The van der Waals surface area contributed by atoms with Gasteiger partial charge in [0.05, 0.1) is 0 Å². The van der Waals surface area contributed by atoms with E-state index in [1.165, 1.54) is 11.1 Å². The SMILES string of the molecule is Cc1ccc2c(c1)[C@@H](C)CC(C)(C)N2[C@H](C)C(=O)NN. The Balaban J connectivity index is 2.54. The van der Waals surface area contributed by atoms with Crippen molar-refractivity contribution in [1.29, 1.82) is 0 Å². The highest BCUT2D eigenvalue weighted by atomic mass is 16.2. The van der Waals surface area contributed by atoms with Crippen molar-refractivity contribution in [2.75, 3.05) is 4.90 Å². The van der Waals surface area contributed by atoms with Gasteiger partial charge in [-0.15, -0.1) is 0 Å². The smallest absolute Gasteiger partial charge is 0.256 e. The second-order valence-electron chi connectivity index (χ2n) is 6.53. The zero-order chi connectivity index (χ0) is 15.1. The predicted molar refractivity (Wildman–Crippen MR) is 82.6 cm³/mol. The normalized spacial score (nSPS) is 22.1. The molecule has 0 spiro atoms. The van der Waals surface area contributed by atoms with E-state index in [4.69, 9.17) is 5.84 Å². The molecule has 0 saturated carbocycles. The second-order valence-corrected chi connectivity index (χ2v) is 6.53. The molecule has 1 aromatic carbocycles. The maximum Gasteiger partial charge on any atom is 0.256 e. The summed E-state index contributed by atoms with van der Waals surface area (Å²) in [6.07, 6.45) is 1.02. The van der Waals surface area contributed by atoms with Gasteiger partial charge in [-0.2, -0.15) is 0 Å². The van der Waals surface area contributed by atoms with Gasteiger partial charge in [0.2, 0.25) is 0 Å².